The number of fused-ring (bicyclic) bond motifs is 1. The molecule has 2 heterocycles. The molecule has 0 amide bonds. The molecular formula is C20H24Cl3FN2O2. The molecule has 2 aliphatic heterocycles. The maximum absolute atomic E-state index is 13.6. The van der Waals surface area contributed by atoms with Gasteiger partial charge in [0.1, 0.15) is 24.3 Å². The topological polar surface area (TPSA) is 33.7 Å². The van der Waals surface area contributed by atoms with Crippen molar-refractivity contribution >= 4 is 36.4 Å². The van der Waals surface area contributed by atoms with Crippen molar-refractivity contribution in [1.29, 1.82) is 0 Å². The number of nitrogens with one attached hydrogen (secondary N) is 1. The molecule has 2 atom stereocenters. The summed E-state index contributed by atoms with van der Waals surface area (Å²) in [6.07, 6.45) is -0.120. The highest BCUT2D eigenvalue weighted by Gasteiger charge is 2.36. The van der Waals surface area contributed by atoms with E-state index >= 15 is 0 Å². The molecule has 8 heteroatoms. The fraction of sp³-hybridized carbons (Fsp3) is 0.400. The molecule has 0 radical (unpaired) electrons. The first-order valence-electron chi connectivity index (χ1n) is 8.94. The van der Waals surface area contributed by atoms with Gasteiger partial charge in [-0.3, -0.25) is 4.90 Å². The number of hydrogen-bond acceptors (Lipinski definition) is 4. The van der Waals surface area contributed by atoms with Crippen LogP contribution in [0, 0.1) is 5.82 Å². The van der Waals surface area contributed by atoms with Crippen molar-refractivity contribution in [3.63, 3.8) is 0 Å². The van der Waals surface area contributed by atoms with Crippen LogP contribution in [-0.4, -0.2) is 43.8 Å². The largest absolute Gasteiger partial charge is 0.490 e. The van der Waals surface area contributed by atoms with Crippen LogP contribution in [0.3, 0.4) is 0 Å². The average molecular weight is 450 g/mol. The van der Waals surface area contributed by atoms with E-state index in [9.17, 15) is 4.39 Å². The lowest BCUT2D eigenvalue weighted by Crippen LogP contribution is -2.51. The van der Waals surface area contributed by atoms with Gasteiger partial charge in [-0.15, -0.1) is 24.8 Å². The summed E-state index contributed by atoms with van der Waals surface area (Å²) in [7, 11) is 0. The summed E-state index contributed by atoms with van der Waals surface area (Å²) in [6.45, 7) is 4.64. The third-order valence-electron chi connectivity index (χ3n) is 4.92. The van der Waals surface area contributed by atoms with Crippen molar-refractivity contribution in [2.75, 3.05) is 32.8 Å². The number of nitrogens with zero attached hydrogens (tertiary/aromatic N) is 1. The molecule has 4 rings (SSSR count). The molecule has 0 unspecified atom stereocenters. The second-order valence-electron chi connectivity index (χ2n) is 6.71. The Hall–Kier alpha value is -1.08. The Morgan fingerprint density at radius 1 is 1.14 bits per heavy atom. The monoisotopic (exact) mass is 448 g/mol. The van der Waals surface area contributed by atoms with Gasteiger partial charge in [-0.1, -0.05) is 29.8 Å². The van der Waals surface area contributed by atoms with Gasteiger partial charge >= 0.3 is 0 Å². The number of hydrogen-bond donors (Lipinski definition) is 1. The Kier molecular flexibility index (Phi) is 8.81. The van der Waals surface area contributed by atoms with Crippen molar-refractivity contribution < 1.29 is 13.9 Å². The lowest BCUT2D eigenvalue weighted by Gasteiger charge is -2.42. The summed E-state index contributed by atoms with van der Waals surface area (Å²) in [5.74, 6) is 0.574. The number of halogens is 4. The zero-order valence-corrected chi connectivity index (χ0v) is 17.7. The smallest absolute Gasteiger partial charge is 0.125 e. The van der Waals surface area contributed by atoms with Gasteiger partial charge in [0.25, 0.3) is 0 Å². The number of piperazine rings is 1. The van der Waals surface area contributed by atoms with Gasteiger partial charge in [-0.05, 0) is 29.8 Å². The van der Waals surface area contributed by atoms with Crippen molar-refractivity contribution in [2.24, 2.45) is 0 Å². The summed E-state index contributed by atoms with van der Waals surface area (Å²) in [4.78, 5) is 2.45. The Balaban J connectivity index is 0.00000140. The molecule has 4 nitrogen and oxygen atoms in total. The summed E-state index contributed by atoms with van der Waals surface area (Å²) >= 11 is 5.95. The third kappa shape index (κ3) is 5.29. The summed E-state index contributed by atoms with van der Waals surface area (Å²) in [5, 5.41) is 3.77. The van der Waals surface area contributed by atoms with Gasteiger partial charge in [0.15, 0.2) is 0 Å². The Morgan fingerprint density at radius 2 is 1.89 bits per heavy atom. The highest BCUT2D eigenvalue weighted by Crippen LogP contribution is 2.37. The fourth-order valence-corrected chi connectivity index (χ4v) is 3.99. The quantitative estimate of drug-likeness (QED) is 0.757. The van der Waals surface area contributed by atoms with Crippen LogP contribution in [0.2, 0.25) is 5.02 Å². The van der Waals surface area contributed by atoms with Crippen LogP contribution in [0.4, 0.5) is 4.39 Å². The Labute approximate surface area is 182 Å². The minimum atomic E-state index is -0.347. The zero-order valence-electron chi connectivity index (χ0n) is 15.3. The van der Waals surface area contributed by atoms with Gasteiger partial charge in [-0.2, -0.15) is 0 Å². The van der Waals surface area contributed by atoms with E-state index in [1.165, 1.54) is 12.1 Å². The lowest BCUT2D eigenvalue weighted by atomic mass is 9.95. The molecule has 0 saturated carbocycles. The highest BCUT2D eigenvalue weighted by atomic mass is 35.5. The van der Waals surface area contributed by atoms with Crippen LogP contribution >= 0.6 is 36.4 Å². The molecule has 154 valence electrons. The second kappa shape index (κ2) is 10.6. The molecule has 2 aromatic rings. The molecule has 0 aliphatic carbocycles. The molecule has 2 aliphatic rings. The number of rotatable bonds is 4. The van der Waals surface area contributed by atoms with Gasteiger partial charge < -0.3 is 14.8 Å². The molecule has 28 heavy (non-hydrogen) atoms. The van der Waals surface area contributed by atoms with E-state index in [0.717, 1.165) is 43.1 Å². The van der Waals surface area contributed by atoms with Crippen LogP contribution in [0.5, 0.6) is 5.75 Å². The second-order valence-corrected chi connectivity index (χ2v) is 7.14. The number of ether oxygens (including phenoxy) is 2. The summed E-state index contributed by atoms with van der Waals surface area (Å²) < 4.78 is 25.7. The first-order valence-corrected chi connectivity index (χ1v) is 9.31. The van der Waals surface area contributed by atoms with E-state index in [2.05, 4.69) is 16.3 Å². The number of para-hydroxylation sites is 1. The maximum Gasteiger partial charge on any atom is 0.125 e. The molecule has 1 N–H and O–H groups in total. The molecule has 2 aromatic carbocycles. The fourth-order valence-electron chi connectivity index (χ4n) is 3.75. The van der Waals surface area contributed by atoms with Crippen LogP contribution in [0.25, 0.3) is 0 Å². The van der Waals surface area contributed by atoms with Crippen molar-refractivity contribution in [3.8, 4) is 5.75 Å². The van der Waals surface area contributed by atoms with Gasteiger partial charge in [0, 0.05) is 36.8 Å². The lowest BCUT2D eigenvalue weighted by molar-refractivity contribution is -0.0617. The summed E-state index contributed by atoms with van der Waals surface area (Å²) in [5.41, 5.74) is 1.89. The molecule has 0 spiro atoms. The Morgan fingerprint density at radius 3 is 2.64 bits per heavy atom. The SMILES string of the molecule is Cl.Cl.Fc1cc(Cl)cc(CO[C@@H]2COc3ccccc3[C@H]2N2CCNCC2)c1. The van der Waals surface area contributed by atoms with E-state index in [0.29, 0.717) is 18.2 Å². The normalized spacial score (nSPS) is 21.6. The summed E-state index contributed by atoms with van der Waals surface area (Å²) in [6, 6.07) is 12.8. The minimum absolute atomic E-state index is 0. The van der Waals surface area contributed by atoms with E-state index in [1.807, 2.05) is 18.2 Å². The van der Waals surface area contributed by atoms with Crippen molar-refractivity contribution in [1.82, 2.24) is 10.2 Å². The standard InChI is InChI=1S/C20H22ClFN2O2.2ClH/c21-15-9-14(10-16(22)11-15)12-25-19-13-26-18-4-2-1-3-17(18)20(19)24-7-5-23-6-8-24;;/h1-4,9-11,19-20,23H,5-8,12-13H2;2*1H/t19-,20-;;/m1../s1. The van der Waals surface area contributed by atoms with Crippen molar-refractivity contribution in [2.45, 2.75) is 18.8 Å². The van der Waals surface area contributed by atoms with Crippen molar-refractivity contribution in [3.05, 3.63) is 64.4 Å². The van der Waals surface area contributed by atoms with E-state index < -0.39 is 0 Å². The first-order chi connectivity index (χ1) is 12.7. The molecule has 0 aromatic heterocycles. The minimum Gasteiger partial charge on any atom is -0.490 e. The van der Waals surface area contributed by atoms with Crippen LogP contribution < -0.4 is 10.1 Å². The van der Waals surface area contributed by atoms with E-state index in [4.69, 9.17) is 21.1 Å². The predicted molar refractivity (Wildman–Crippen MR) is 114 cm³/mol. The van der Waals surface area contributed by atoms with Gasteiger partial charge in [0.2, 0.25) is 0 Å². The highest BCUT2D eigenvalue weighted by molar-refractivity contribution is 6.30. The third-order valence-corrected chi connectivity index (χ3v) is 5.14. The molecular weight excluding hydrogens is 426 g/mol. The molecule has 1 saturated heterocycles. The average Bonchev–Trinajstić information content (AvgIpc) is 2.66. The van der Waals surface area contributed by atoms with Gasteiger partial charge in [0.05, 0.1) is 12.6 Å². The molecule has 1 fully saturated rings. The zero-order chi connectivity index (χ0) is 17.9. The van der Waals surface area contributed by atoms with Crippen LogP contribution in [0.15, 0.2) is 42.5 Å². The van der Waals surface area contributed by atoms with Crippen LogP contribution in [-0.2, 0) is 11.3 Å². The number of benzene rings is 2. The van der Waals surface area contributed by atoms with E-state index in [-0.39, 0.29) is 42.8 Å². The maximum atomic E-state index is 13.6. The first kappa shape index (κ1) is 23.2. The van der Waals surface area contributed by atoms with Gasteiger partial charge in [-0.25, -0.2) is 4.39 Å². The van der Waals surface area contributed by atoms with Crippen LogP contribution in [0.1, 0.15) is 17.2 Å². The predicted octanol–water partition coefficient (Wildman–Crippen LogP) is 4.25. The Bertz CT molecular complexity index is 755. The molecule has 0 bridgehead atoms. The van der Waals surface area contributed by atoms with E-state index in [1.54, 1.807) is 6.07 Å².